The Hall–Kier alpha value is -1.18. The zero-order chi connectivity index (χ0) is 27.8. The van der Waals surface area contributed by atoms with Crippen LogP contribution in [0.3, 0.4) is 0 Å². The Bertz CT molecular complexity index is 1060. The lowest BCUT2D eigenvalue weighted by atomic mass is 9.82. The molecule has 1 fully saturated rings. The minimum absolute atomic E-state index is 0.00460. The minimum Gasteiger partial charge on any atom is -0.388 e. The van der Waals surface area contributed by atoms with Gasteiger partial charge in [-0.15, -0.1) is 0 Å². The fourth-order valence-electron chi connectivity index (χ4n) is 5.16. The summed E-state index contributed by atoms with van der Waals surface area (Å²) in [5.41, 5.74) is -0.944. The van der Waals surface area contributed by atoms with Gasteiger partial charge < -0.3 is 35.6 Å². The summed E-state index contributed by atoms with van der Waals surface area (Å²) in [6.45, 7) is 9.08. The fourth-order valence-corrected chi connectivity index (χ4v) is 7.50. The van der Waals surface area contributed by atoms with E-state index in [-0.39, 0.29) is 42.2 Å². The molecule has 3 rings (SSSR count). The van der Waals surface area contributed by atoms with Gasteiger partial charge in [-0.25, -0.2) is 4.98 Å². The van der Waals surface area contributed by atoms with E-state index in [1.807, 2.05) is 27.7 Å². The Labute approximate surface area is 221 Å². The highest BCUT2D eigenvalue weighted by Crippen LogP contribution is 2.62. The maximum Gasteiger partial charge on any atom is 0.359 e. The van der Waals surface area contributed by atoms with Crippen LogP contribution >= 0.6 is 19.8 Å². The van der Waals surface area contributed by atoms with Gasteiger partial charge >= 0.3 is 7.60 Å². The predicted molar refractivity (Wildman–Crippen MR) is 139 cm³/mol. The van der Waals surface area contributed by atoms with Gasteiger partial charge in [0.15, 0.2) is 17.4 Å². The lowest BCUT2D eigenvalue weighted by molar-refractivity contribution is -0.0916. The Morgan fingerprint density at radius 1 is 1.24 bits per heavy atom. The third-order valence-corrected chi connectivity index (χ3v) is 9.85. The van der Waals surface area contributed by atoms with Gasteiger partial charge in [0.2, 0.25) is 11.2 Å². The maximum atomic E-state index is 13.7. The molecule has 2 aliphatic rings. The quantitative estimate of drug-likeness (QED) is 0.123. The van der Waals surface area contributed by atoms with Crippen LogP contribution in [0.1, 0.15) is 79.4 Å². The second kappa shape index (κ2) is 11.5. The van der Waals surface area contributed by atoms with Crippen molar-refractivity contribution in [3.63, 3.8) is 0 Å². The van der Waals surface area contributed by atoms with Gasteiger partial charge in [-0.05, 0) is 37.4 Å². The van der Waals surface area contributed by atoms with Gasteiger partial charge in [-0.2, -0.15) is 4.39 Å². The number of ether oxygens (including phenoxy) is 1. The molecule has 1 saturated heterocycles. The molecule has 0 bridgehead atoms. The number of fused-ring (bicyclic) bond motifs is 1. The Balaban J connectivity index is 1.89. The van der Waals surface area contributed by atoms with Crippen LogP contribution in [0.5, 0.6) is 0 Å². The number of hydrogen-bond acceptors (Lipinski definition) is 10. The first kappa shape index (κ1) is 30.4. The van der Waals surface area contributed by atoms with Crippen molar-refractivity contribution < 1.29 is 38.4 Å². The highest BCUT2D eigenvalue weighted by Gasteiger charge is 2.54. The van der Waals surface area contributed by atoms with Crippen molar-refractivity contribution in [1.82, 2.24) is 9.55 Å². The van der Waals surface area contributed by atoms with Crippen molar-refractivity contribution in [1.29, 1.82) is 0 Å². The topological polar surface area (TPSA) is 158 Å². The third kappa shape index (κ3) is 5.89. The van der Waals surface area contributed by atoms with E-state index in [9.17, 15) is 29.2 Å². The second-order valence-electron chi connectivity index (χ2n) is 10.3. The van der Waals surface area contributed by atoms with Crippen LogP contribution < -0.4 is 10.6 Å². The number of hydrogen-bond donors (Lipinski definition) is 6. The van der Waals surface area contributed by atoms with E-state index >= 15 is 0 Å². The van der Waals surface area contributed by atoms with Crippen molar-refractivity contribution in [2.75, 3.05) is 10.6 Å². The molecule has 2 aliphatic heterocycles. The molecule has 0 radical (unpaired) electrons. The average molecular weight is 567 g/mol. The van der Waals surface area contributed by atoms with E-state index in [0.717, 1.165) is 0 Å². The van der Waals surface area contributed by atoms with Crippen molar-refractivity contribution >= 4 is 31.3 Å². The molecule has 7 atom stereocenters. The zero-order valence-corrected chi connectivity index (χ0v) is 23.6. The fraction of sp³-hybridized carbons (Fsp3) is 0.826. The number of nitrogens with one attached hydrogen (secondary N) is 2. The normalized spacial score (nSPS) is 28.9. The largest absolute Gasteiger partial charge is 0.388 e. The molecule has 1 aromatic rings. The minimum atomic E-state index is -4.55. The number of anilines is 2. The molecule has 1 aromatic heterocycles. The van der Waals surface area contributed by atoms with E-state index < -0.39 is 49.5 Å². The number of aromatic nitrogens is 2. The molecule has 3 heterocycles. The summed E-state index contributed by atoms with van der Waals surface area (Å²) in [6.07, 6.45) is -3.58. The number of nitrogens with zero attached hydrogens (tertiary/aromatic N) is 2. The van der Waals surface area contributed by atoms with Gasteiger partial charge in [-0.1, -0.05) is 47.5 Å². The SMILES string of the molecule is CCCC(O)(CCC)P(=O)(O)OC(CC)(CC1OC(n2cc3c(nc2=S)NC(F)N3)C(O)C1O)C(C)C. The van der Waals surface area contributed by atoms with Crippen LogP contribution in [0.15, 0.2) is 6.20 Å². The molecule has 0 aromatic carbocycles. The van der Waals surface area contributed by atoms with Crippen LogP contribution in [0.4, 0.5) is 15.9 Å². The summed E-state index contributed by atoms with van der Waals surface area (Å²) in [5, 5.41) is 36.0. The first-order valence-corrected chi connectivity index (χ1v) is 14.8. The van der Waals surface area contributed by atoms with Gasteiger partial charge in [0, 0.05) is 12.6 Å². The van der Waals surface area contributed by atoms with Crippen molar-refractivity contribution in [2.45, 2.75) is 115 Å². The summed E-state index contributed by atoms with van der Waals surface area (Å²) >= 11 is 5.30. The van der Waals surface area contributed by atoms with Crippen LogP contribution in [0.2, 0.25) is 0 Å². The van der Waals surface area contributed by atoms with Crippen molar-refractivity contribution in [3.05, 3.63) is 11.0 Å². The summed E-state index contributed by atoms with van der Waals surface area (Å²) in [5.74, 6) is -0.0834. The predicted octanol–water partition coefficient (Wildman–Crippen LogP) is 4.01. The van der Waals surface area contributed by atoms with E-state index in [0.29, 0.717) is 18.5 Å². The van der Waals surface area contributed by atoms with Gasteiger partial charge in [0.05, 0.1) is 17.4 Å². The number of alkyl halides is 1. The Morgan fingerprint density at radius 3 is 2.41 bits per heavy atom. The van der Waals surface area contributed by atoms with E-state index in [2.05, 4.69) is 15.6 Å². The second-order valence-corrected chi connectivity index (χ2v) is 12.7. The highest BCUT2D eigenvalue weighted by molar-refractivity contribution is 7.71. The monoisotopic (exact) mass is 566 g/mol. The summed E-state index contributed by atoms with van der Waals surface area (Å²) in [4.78, 5) is 15.2. The molecule has 212 valence electrons. The first-order chi connectivity index (χ1) is 17.2. The summed E-state index contributed by atoms with van der Waals surface area (Å²) in [7, 11) is -4.55. The summed E-state index contributed by atoms with van der Waals surface area (Å²) in [6, 6.07) is 0. The Kier molecular flexibility index (Phi) is 9.45. The van der Waals surface area contributed by atoms with E-state index in [1.165, 1.54) is 10.8 Å². The molecular formula is C23H40FN4O7PS. The lowest BCUT2D eigenvalue weighted by Gasteiger charge is -2.43. The van der Waals surface area contributed by atoms with Crippen molar-refractivity contribution in [2.24, 2.45) is 5.92 Å². The molecule has 0 saturated carbocycles. The molecule has 11 nitrogen and oxygen atoms in total. The zero-order valence-electron chi connectivity index (χ0n) is 21.9. The van der Waals surface area contributed by atoms with Crippen LogP contribution in [-0.4, -0.2) is 65.4 Å². The van der Waals surface area contributed by atoms with E-state index in [4.69, 9.17) is 21.5 Å². The van der Waals surface area contributed by atoms with Gasteiger partial charge in [-0.3, -0.25) is 13.7 Å². The molecule has 7 unspecified atom stereocenters. The van der Waals surface area contributed by atoms with Crippen LogP contribution in [0.25, 0.3) is 0 Å². The third-order valence-electron chi connectivity index (χ3n) is 7.44. The molecule has 0 amide bonds. The smallest absolute Gasteiger partial charge is 0.359 e. The van der Waals surface area contributed by atoms with Crippen molar-refractivity contribution in [3.8, 4) is 0 Å². The molecule has 0 spiro atoms. The van der Waals surface area contributed by atoms with E-state index in [1.54, 1.807) is 6.92 Å². The number of aliphatic hydroxyl groups excluding tert-OH is 2. The number of aliphatic hydroxyl groups is 3. The molecular weight excluding hydrogens is 526 g/mol. The first-order valence-electron chi connectivity index (χ1n) is 12.8. The number of halogens is 1. The van der Waals surface area contributed by atoms with Gasteiger partial charge in [0.25, 0.3) is 0 Å². The molecule has 0 aliphatic carbocycles. The Morgan fingerprint density at radius 2 is 1.86 bits per heavy atom. The van der Waals surface area contributed by atoms with Gasteiger partial charge in [0.1, 0.15) is 12.2 Å². The van der Waals surface area contributed by atoms with Crippen LogP contribution in [-0.2, 0) is 13.8 Å². The standard InChI is InChI=1S/C23H40FN4O7PS/c1-6-9-23(31,10-7-2)36(32,33)35-22(8-3,13(4)5)11-15-16(29)17(30)19(34-15)28-12-14-18(27-21(28)37)26-20(24)25-14/h12-13,15-17,19-20,25,29-31H,6-11H2,1-5H3,(H,32,33)(H,26,27,37). The molecule has 14 heteroatoms. The molecule has 6 N–H and O–H groups in total. The van der Waals surface area contributed by atoms with Crippen LogP contribution in [0, 0.1) is 10.7 Å². The summed E-state index contributed by atoms with van der Waals surface area (Å²) < 4.78 is 40.6. The maximum absolute atomic E-state index is 13.7. The highest BCUT2D eigenvalue weighted by atomic mass is 32.1. The number of rotatable bonds is 12. The lowest BCUT2D eigenvalue weighted by Crippen LogP contribution is -2.45. The molecule has 37 heavy (non-hydrogen) atoms. The average Bonchev–Trinajstić information content (AvgIpc) is 3.30.